The Morgan fingerprint density at radius 1 is 1.39 bits per heavy atom. The van der Waals surface area contributed by atoms with Crippen LogP contribution in [-0.4, -0.2) is 56.9 Å². The summed E-state index contributed by atoms with van der Waals surface area (Å²) < 4.78 is 22.7. The maximum atomic E-state index is 12.1. The van der Waals surface area contributed by atoms with Gasteiger partial charge in [0.05, 0.1) is 11.5 Å². The van der Waals surface area contributed by atoms with E-state index in [1.165, 1.54) is 0 Å². The molecule has 0 saturated carbocycles. The second-order valence-electron chi connectivity index (χ2n) is 5.48. The molecule has 2 aliphatic heterocycles. The van der Waals surface area contributed by atoms with Gasteiger partial charge in [-0.3, -0.25) is 4.79 Å². The molecule has 0 spiro atoms. The van der Waals surface area contributed by atoms with E-state index in [9.17, 15) is 13.2 Å². The van der Waals surface area contributed by atoms with Crippen molar-refractivity contribution < 1.29 is 13.2 Å². The van der Waals surface area contributed by atoms with Crippen molar-refractivity contribution in [1.29, 1.82) is 0 Å². The first-order valence-electron chi connectivity index (χ1n) is 6.65. The molecule has 0 radical (unpaired) electrons. The Morgan fingerprint density at radius 3 is 2.72 bits per heavy atom. The van der Waals surface area contributed by atoms with Crippen molar-refractivity contribution >= 4 is 15.7 Å². The van der Waals surface area contributed by atoms with E-state index in [0.29, 0.717) is 12.8 Å². The van der Waals surface area contributed by atoms with E-state index in [4.69, 9.17) is 0 Å². The monoisotopic (exact) mass is 274 g/mol. The molecule has 5 nitrogen and oxygen atoms in total. The standard InChI is InChI=1S/C12H22N2O3S/c1-14(11-3-2-5-13-8-11)12(15)7-10-4-6-18(16,17)9-10/h10-11,13H,2-9H2,1H3. The van der Waals surface area contributed by atoms with Crippen molar-refractivity contribution in [1.82, 2.24) is 10.2 Å². The number of nitrogens with zero attached hydrogens (tertiary/aromatic N) is 1. The molecule has 0 aromatic rings. The maximum Gasteiger partial charge on any atom is 0.222 e. The van der Waals surface area contributed by atoms with Crippen molar-refractivity contribution in [3.05, 3.63) is 0 Å². The number of amides is 1. The predicted octanol–water partition coefficient (Wildman–Crippen LogP) is 0.0216. The number of hydrogen-bond acceptors (Lipinski definition) is 4. The molecule has 2 unspecified atom stereocenters. The summed E-state index contributed by atoms with van der Waals surface area (Å²) in [7, 11) is -1.04. The summed E-state index contributed by atoms with van der Waals surface area (Å²) in [6.07, 6.45) is 3.16. The molecule has 0 bridgehead atoms. The van der Waals surface area contributed by atoms with Gasteiger partial charge in [-0.1, -0.05) is 0 Å². The number of likely N-dealkylation sites (N-methyl/N-ethyl adjacent to an activating group) is 1. The van der Waals surface area contributed by atoms with Crippen LogP contribution in [0.2, 0.25) is 0 Å². The van der Waals surface area contributed by atoms with Crippen LogP contribution in [0.5, 0.6) is 0 Å². The summed E-state index contributed by atoms with van der Waals surface area (Å²) in [4.78, 5) is 13.9. The molecule has 2 aliphatic rings. The molecular formula is C12H22N2O3S. The van der Waals surface area contributed by atoms with Crippen molar-refractivity contribution in [2.45, 2.75) is 31.7 Å². The van der Waals surface area contributed by atoms with Crippen molar-refractivity contribution in [3.63, 3.8) is 0 Å². The third-order valence-electron chi connectivity index (χ3n) is 4.00. The molecule has 2 saturated heterocycles. The smallest absolute Gasteiger partial charge is 0.222 e. The highest BCUT2D eigenvalue weighted by Crippen LogP contribution is 2.23. The molecule has 0 aromatic carbocycles. The summed E-state index contributed by atoms with van der Waals surface area (Å²) in [5.74, 6) is 0.557. The van der Waals surface area contributed by atoms with Gasteiger partial charge in [-0.05, 0) is 31.7 Å². The summed E-state index contributed by atoms with van der Waals surface area (Å²) >= 11 is 0. The highest BCUT2D eigenvalue weighted by Gasteiger charge is 2.31. The number of piperidine rings is 1. The number of carbonyl (C=O) groups excluding carboxylic acids is 1. The predicted molar refractivity (Wildman–Crippen MR) is 70.0 cm³/mol. The Morgan fingerprint density at radius 2 is 2.17 bits per heavy atom. The molecule has 2 fully saturated rings. The highest BCUT2D eigenvalue weighted by molar-refractivity contribution is 7.91. The molecule has 0 aliphatic carbocycles. The molecule has 1 N–H and O–H groups in total. The lowest BCUT2D eigenvalue weighted by Crippen LogP contribution is -2.47. The van der Waals surface area contributed by atoms with Crippen LogP contribution in [0, 0.1) is 5.92 Å². The Kier molecular flexibility index (Phi) is 4.27. The lowest BCUT2D eigenvalue weighted by atomic mass is 10.0. The first kappa shape index (κ1) is 13.8. The van der Waals surface area contributed by atoms with Gasteiger partial charge in [-0.25, -0.2) is 8.42 Å². The summed E-state index contributed by atoms with van der Waals surface area (Å²) in [5.41, 5.74) is 0. The minimum Gasteiger partial charge on any atom is -0.341 e. The maximum absolute atomic E-state index is 12.1. The topological polar surface area (TPSA) is 66.5 Å². The highest BCUT2D eigenvalue weighted by atomic mass is 32.2. The van der Waals surface area contributed by atoms with E-state index in [2.05, 4.69) is 5.32 Å². The SMILES string of the molecule is CN(C(=O)CC1CCS(=O)(=O)C1)C1CCCNC1. The van der Waals surface area contributed by atoms with Crippen LogP contribution in [0.15, 0.2) is 0 Å². The van der Waals surface area contributed by atoms with E-state index >= 15 is 0 Å². The first-order chi connectivity index (χ1) is 8.48. The normalized spacial score (nSPS) is 31.2. The van der Waals surface area contributed by atoms with E-state index in [1.807, 2.05) is 7.05 Å². The largest absolute Gasteiger partial charge is 0.341 e. The zero-order valence-electron chi connectivity index (χ0n) is 10.9. The average Bonchev–Trinajstić information content (AvgIpc) is 2.68. The van der Waals surface area contributed by atoms with Crippen molar-refractivity contribution in [2.75, 3.05) is 31.6 Å². The Bertz CT molecular complexity index is 402. The first-order valence-corrected chi connectivity index (χ1v) is 8.47. The molecule has 2 heterocycles. The molecule has 104 valence electrons. The summed E-state index contributed by atoms with van der Waals surface area (Å²) in [6, 6.07) is 0.268. The number of rotatable bonds is 3. The quantitative estimate of drug-likeness (QED) is 0.788. The van der Waals surface area contributed by atoms with Gasteiger partial charge in [0, 0.05) is 26.1 Å². The number of hydrogen-bond donors (Lipinski definition) is 1. The van der Waals surface area contributed by atoms with Crippen LogP contribution in [-0.2, 0) is 14.6 Å². The van der Waals surface area contributed by atoms with Gasteiger partial charge in [0.2, 0.25) is 5.91 Å². The van der Waals surface area contributed by atoms with Crippen LogP contribution >= 0.6 is 0 Å². The molecule has 2 atom stereocenters. The Labute approximate surface area is 109 Å². The minimum absolute atomic E-state index is 0.0292. The van der Waals surface area contributed by atoms with Crippen molar-refractivity contribution in [2.24, 2.45) is 5.92 Å². The van der Waals surface area contributed by atoms with Crippen LogP contribution in [0.25, 0.3) is 0 Å². The van der Waals surface area contributed by atoms with Gasteiger partial charge in [-0.2, -0.15) is 0 Å². The fourth-order valence-electron chi connectivity index (χ4n) is 2.79. The van der Waals surface area contributed by atoms with Gasteiger partial charge in [0.15, 0.2) is 9.84 Å². The van der Waals surface area contributed by atoms with E-state index < -0.39 is 9.84 Å². The summed E-state index contributed by atoms with van der Waals surface area (Å²) in [5, 5.41) is 3.29. The van der Waals surface area contributed by atoms with Gasteiger partial charge in [0.1, 0.15) is 0 Å². The molecule has 2 rings (SSSR count). The lowest BCUT2D eigenvalue weighted by Gasteiger charge is -2.32. The van der Waals surface area contributed by atoms with Gasteiger partial charge < -0.3 is 10.2 Å². The van der Waals surface area contributed by atoms with Gasteiger partial charge in [-0.15, -0.1) is 0 Å². The zero-order chi connectivity index (χ0) is 13.2. The zero-order valence-corrected chi connectivity index (χ0v) is 11.7. The number of nitrogens with one attached hydrogen (secondary N) is 1. The molecule has 18 heavy (non-hydrogen) atoms. The fraction of sp³-hybridized carbons (Fsp3) is 0.917. The van der Waals surface area contributed by atoms with E-state index in [-0.39, 0.29) is 29.4 Å². The molecule has 6 heteroatoms. The number of carbonyl (C=O) groups is 1. The van der Waals surface area contributed by atoms with Crippen LogP contribution in [0.3, 0.4) is 0 Å². The molecular weight excluding hydrogens is 252 g/mol. The molecule has 1 amide bonds. The van der Waals surface area contributed by atoms with Crippen LogP contribution < -0.4 is 5.32 Å². The Balaban J connectivity index is 1.84. The second-order valence-corrected chi connectivity index (χ2v) is 7.71. The summed E-state index contributed by atoms with van der Waals surface area (Å²) in [6.45, 7) is 1.88. The Hall–Kier alpha value is -0.620. The third kappa shape index (κ3) is 3.45. The lowest BCUT2D eigenvalue weighted by molar-refractivity contribution is -0.133. The van der Waals surface area contributed by atoms with Crippen LogP contribution in [0.1, 0.15) is 25.7 Å². The van der Waals surface area contributed by atoms with E-state index in [1.54, 1.807) is 4.90 Å². The van der Waals surface area contributed by atoms with Gasteiger partial charge >= 0.3 is 0 Å². The van der Waals surface area contributed by atoms with Gasteiger partial charge in [0.25, 0.3) is 0 Å². The molecule has 0 aromatic heterocycles. The van der Waals surface area contributed by atoms with Crippen LogP contribution in [0.4, 0.5) is 0 Å². The van der Waals surface area contributed by atoms with E-state index in [0.717, 1.165) is 25.9 Å². The third-order valence-corrected chi connectivity index (χ3v) is 5.84. The van der Waals surface area contributed by atoms with Crippen molar-refractivity contribution in [3.8, 4) is 0 Å². The minimum atomic E-state index is -2.87. The number of sulfone groups is 1. The second kappa shape index (κ2) is 5.57. The fourth-order valence-corrected chi connectivity index (χ4v) is 4.65. The average molecular weight is 274 g/mol.